The summed E-state index contributed by atoms with van der Waals surface area (Å²) in [4.78, 5) is 13.9. The Balaban J connectivity index is 1.91. The predicted octanol–water partition coefficient (Wildman–Crippen LogP) is 1.44. The van der Waals surface area contributed by atoms with Crippen molar-refractivity contribution in [1.29, 1.82) is 0 Å². The van der Waals surface area contributed by atoms with E-state index in [2.05, 4.69) is 22.5 Å². The summed E-state index contributed by atoms with van der Waals surface area (Å²) in [5.41, 5.74) is 0. The van der Waals surface area contributed by atoms with Crippen LogP contribution in [0.25, 0.3) is 0 Å². The number of piperidine rings is 1. The van der Waals surface area contributed by atoms with Gasteiger partial charge in [0.1, 0.15) is 0 Å². The van der Waals surface area contributed by atoms with E-state index >= 15 is 0 Å². The van der Waals surface area contributed by atoms with Crippen molar-refractivity contribution in [2.75, 3.05) is 46.4 Å². The third-order valence-corrected chi connectivity index (χ3v) is 3.62. The van der Waals surface area contributed by atoms with Crippen molar-refractivity contribution in [3.05, 3.63) is 0 Å². The van der Waals surface area contributed by atoms with Gasteiger partial charge in [0.05, 0.1) is 0 Å². The maximum atomic E-state index is 11.4. The van der Waals surface area contributed by atoms with Crippen molar-refractivity contribution in [2.24, 2.45) is 5.92 Å². The van der Waals surface area contributed by atoms with Crippen LogP contribution >= 0.6 is 0 Å². The number of rotatable bonds is 8. The Bertz CT molecular complexity index is 241. The molecular formula is C14H29N3O2. The molecule has 0 radical (unpaired) electrons. The number of likely N-dealkylation sites (tertiary alicyclic amines) is 1. The van der Waals surface area contributed by atoms with Crippen molar-refractivity contribution in [2.45, 2.75) is 32.6 Å². The van der Waals surface area contributed by atoms with Gasteiger partial charge in [-0.25, -0.2) is 4.79 Å². The number of urea groups is 1. The van der Waals surface area contributed by atoms with E-state index in [1.165, 1.54) is 25.9 Å². The van der Waals surface area contributed by atoms with Gasteiger partial charge in [0, 0.05) is 26.8 Å². The third kappa shape index (κ3) is 8.06. The van der Waals surface area contributed by atoms with Crippen LogP contribution in [0.4, 0.5) is 4.79 Å². The lowest BCUT2D eigenvalue weighted by atomic mass is 9.99. The third-order valence-electron chi connectivity index (χ3n) is 3.62. The lowest BCUT2D eigenvalue weighted by Crippen LogP contribution is -2.39. The van der Waals surface area contributed by atoms with Crippen LogP contribution in [0.2, 0.25) is 0 Å². The Morgan fingerprint density at radius 1 is 1.21 bits per heavy atom. The molecule has 19 heavy (non-hydrogen) atoms. The molecule has 1 aliphatic heterocycles. The predicted molar refractivity (Wildman–Crippen MR) is 77.3 cm³/mol. The first-order valence-corrected chi connectivity index (χ1v) is 7.45. The van der Waals surface area contributed by atoms with Crippen LogP contribution in [0, 0.1) is 5.92 Å². The van der Waals surface area contributed by atoms with Gasteiger partial charge < -0.3 is 20.3 Å². The summed E-state index contributed by atoms with van der Waals surface area (Å²) < 4.78 is 4.92. The highest BCUT2D eigenvalue weighted by atomic mass is 16.5. The number of carbonyl (C=O) groups excluding carboxylic acids is 1. The van der Waals surface area contributed by atoms with E-state index in [0.29, 0.717) is 13.2 Å². The summed E-state index contributed by atoms with van der Waals surface area (Å²) in [5, 5.41) is 5.71. The lowest BCUT2D eigenvalue weighted by molar-refractivity contribution is 0.189. The molecule has 0 unspecified atom stereocenters. The molecule has 0 aromatic heterocycles. The standard InChI is InChI=1S/C14H29N3O2/c1-13-5-10-17(11-6-13)9-3-7-15-14(18)16-8-4-12-19-2/h13H,3-12H2,1-2H3,(H2,15,16,18). The Hall–Kier alpha value is -0.810. The topological polar surface area (TPSA) is 53.6 Å². The van der Waals surface area contributed by atoms with E-state index in [1.807, 2.05) is 0 Å². The first-order valence-electron chi connectivity index (χ1n) is 7.45. The number of hydrogen-bond donors (Lipinski definition) is 2. The second-order valence-electron chi connectivity index (χ2n) is 5.41. The maximum Gasteiger partial charge on any atom is 0.314 e. The Morgan fingerprint density at radius 2 is 1.84 bits per heavy atom. The fourth-order valence-electron chi connectivity index (χ4n) is 2.27. The van der Waals surface area contributed by atoms with Crippen LogP contribution in [0.5, 0.6) is 0 Å². The quantitative estimate of drug-likeness (QED) is 0.657. The Morgan fingerprint density at radius 3 is 2.47 bits per heavy atom. The van der Waals surface area contributed by atoms with E-state index < -0.39 is 0 Å². The lowest BCUT2D eigenvalue weighted by Gasteiger charge is -2.30. The van der Waals surface area contributed by atoms with Gasteiger partial charge in [0.2, 0.25) is 0 Å². The van der Waals surface area contributed by atoms with Gasteiger partial charge in [-0.3, -0.25) is 0 Å². The van der Waals surface area contributed by atoms with Crippen LogP contribution in [-0.4, -0.2) is 57.4 Å². The smallest absolute Gasteiger partial charge is 0.314 e. The van der Waals surface area contributed by atoms with Gasteiger partial charge in [0.15, 0.2) is 0 Å². The van der Waals surface area contributed by atoms with Gasteiger partial charge in [-0.05, 0) is 51.2 Å². The summed E-state index contributed by atoms with van der Waals surface area (Å²) >= 11 is 0. The van der Waals surface area contributed by atoms with Crippen LogP contribution in [-0.2, 0) is 4.74 Å². The zero-order chi connectivity index (χ0) is 13.9. The van der Waals surface area contributed by atoms with Gasteiger partial charge in [-0.15, -0.1) is 0 Å². The minimum Gasteiger partial charge on any atom is -0.385 e. The summed E-state index contributed by atoms with van der Waals surface area (Å²) in [6.07, 6.45) is 4.51. The van der Waals surface area contributed by atoms with E-state index in [4.69, 9.17) is 4.74 Å². The van der Waals surface area contributed by atoms with Crippen LogP contribution in [0.15, 0.2) is 0 Å². The van der Waals surface area contributed by atoms with Crippen LogP contribution < -0.4 is 10.6 Å². The molecule has 2 N–H and O–H groups in total. The van der Waals surface area contributed by atoms with Gasteiger partial charge in [0.25, 0.3) is 0 Å². The summed E-state index contributed by atoms with van der Waals surface area (Å²) in [5.74, 6) is 0.882. The molecule has 0 aromatic carbocycles. The largest absolute Gasteiger partial charge is 0.385 e. The van der Waals surface area contributed by atoms with Crippen molar-refractivity contribution in [3.63, 3.8) is 0 Å². The minimum atomic E-state index is -0.0663. The van der Waals surface area contributed by atoms with E-state index in [9.17, 15) is 4.79 Å². The monoisotopic (exact) mass is 271 g/mol. The first-order chi connectivity index (χ1) is 9.22. The van der Waals surface area contributed by atoms with Crippen molar-refractivity contribution in [3.8, 4) is 0 Å². The van der Waals surface area contributed by atoms with Crippen molar-refractivity contribution >= 4 is 6.03 Å². The molecule has 1 aliphatic rings. The molecule has 1 rings (SSSR count). The maximum absolute atomic E-state index is 11.4. The fraction of sp³-hybridized carbons (Fsp3) is 0.929. The molecule has 0 saturated carbocycles. The molecule has 0 aliphatic carbocycles. The number of carbonyl (C=O) groups is 1. The summed E-state index contributed by atoms with van der Waals surface area (Å²) in [6, 6.07) is -0.0663. The van der Waals surface area contributed by atoms with E-state index in [-0.39, 0.29) is 6.03 Å². The molecule has 0 atom stereocenters. The van der Waals surface area contributed by atoms with Gasteiger partial charge >= 0.3 is 6.03 Å². The number of amides is 2. The van der Waals surface area contributed by atoms with Crippen molar-refractivity contribution in [1.82, 2.24) is 15.5 Å². The molecule has 0 bridgehead atoms. The van der Waals surface area contributed by atoms with Gasteiger partial charge in [-0.2, -0.15) is 0 Å². The second-order valence-corrected chi connectivity index (χ2v) is 5.41. The summed E-state index contributed by atoms with van der Waals surface area (Å²) in [6.45, 7) is 7.96. The SMILES string of the molecule is COCCCNC(=O)NCCCN1CCC(C)CC1. The first kappa shape index (κ1) is 16.2. The molecule has 1 heterocycles. The number of methoxy groups -OCH3 is 1. The molecule has 1 fully saturated rings. The highest BCUT2D eigenvalue weighted by Gasteiger charge is 2.14. The van der Waals surface area contributed by atoms with Crippen LogP contribution in [0.3, 0.4) is 0 Å². The number of nitrogens with one attached hydrogen (secondary N) is 2. The normalized spacial score (nSPS) is 17.4. The minimum absolute atomic E-state index is 0.0663. The fourth-order valence-corrected chi connectivity index (χ4v) is 2.27. The number of ether oxygens (including phenoxy) is 1. The molecule has 1 saturated heterocycles. The molecule has 112 valence electrons. The Labute approximate surface area is 117 Å². The zero-order valence-electron chi connectivity index (χ0n) is 12.4. The highest BCUT2D eigenvalue weighted by molar-refractivity contribution is 5.73. The van der Waals surface area contributed by atoms with Crippen LogP contribution in [0.1, 0.15) is 32.6 Å². The van der Waals surface area contributed by atoms with E-state index in [0.717, 1.165) is 31.8 Å². The number of nitrogens with zero attached hydrogens (tertiary/aromatic N) is 1. The molecule has 5 nitrogen and oxygen atoms in total. The molecule has 2 amide bonds. The summed E-state index contributed by atoms with van der Waals surface area (Å²) in [7, 11) is 1.67. The molecule has 0 spiro atoms. The average molecular weight is 271 g/mol. The Kier molecular flexibility index (Phi) is 8.58. The zero-order valence-corrected chi connectivity index (χ0v) is 12.4. The number of hydrogen-bond acceptors (Lipinski definition) is 3. The molecular weight excluding hydrogens is 242 g/mol. The van der Waals surface area contributed by atoms with Gasteiger partial charge in [-0.1, -0.05) is 6.92 Å². The second kappa shape index (κ2) is 10.0. The molecule has 0 aromatic rings. The van der Waals surface area contributed by atoms with Crippen molar-refractivity contribution < 1.29 is 9.53 Å². The van der Waals surface area contributed by atoms with E-state index in [1.54, 1.807) is 7.11 Å². The highest BCUT2D eigenvalue weighted by Crippen LogP contribution is 2.15. The average Bonchev–Trinajstić information content (AvgIpc) is 2.42. The molecule has 5 heteroatoms.